The van der Waals surface area contributed by atoms with Gasteiger partial charge in [-0.2, -0.15) is 5.10 Å². The number of hydrazone groups is 1. The molecule has 1 aliphatic carbocycles. The van der Waals surface area contributed by atoms with Gasteiger partial charge in [0.2, 0.25) is 0 Å². The highest BCUT2D eigenvalue weighted by molar-refractivity contribution is 5.81. The fourth-order valence-corrected chi connectivity index (χ4v) is 3.96. The Kier molecular flexibility index (Phi) is 7.38. The minimum absolute atomic E-state index is 0.0211. The van der Waals surface area contributed by atoms with Crippen molar-refractivity contribution in [2.45, 2.75) is 44.6 Å². The van der Waals surface area contributed by atoms with Gasteiger partial charge in [-0.1, -0.05) is 12.1 Å². The highest BCUT2D eigenvalue weighted by atomic mass is 19.1. The molecule has 9 nitrogen and oxygen atoms in total. The van der Waals surface area contributed by atoms with E-state index in [-0.39, 0.29) is 17.6 Å². The fourth-order valence-electron chi connectivity index (χ4n) is 3.96. The normalized spacial score (nSPS) is 14.2. The smallest absolute Gasteiger partial charge is 0.298 e. The Morgan fingerprint density at radius 1 is 1.21 bits per heavy atom. The number of hydrogen-bond acceptors (Lipinski definition) is 7. The second kappa shape index (κ2) is 10.8. The third kappa shape index (κ3) is 5.52. The standard InChI is InChI=1S/C24H28FN7O2/c25-20-15-19(34-18-3-1-2-4-18)10-11-21(20)29-23-24(33)32(14-13-28-23)17-8-5-16(6-9-17)7-12-22(30-26)31-27/h5-6,8-11,13-15,18H,1-4,7,12,26-27H2,(H,28,29)(H,30,31). The second-order valence-corrected chi connectivity index (χ2v) is 8.13. The van der Waals surface area contributed by atoms with Gasteiger partial charge in [0.05, 0.1) is 11.8 Å². The third-order valence-electron chi connectivity index (χ3n) is 5.83. The average molecular weight is 466 g/mol. The van der Waals surface area contributed by atoms with Crippen LogP contribution in [0.25, 0.3) is 5.69 Å². The summed E-state index contributed by atoms with van der Waals surface area (Å²) in [7, 11) is 0. The Bertz CT molecular complexity index is 1200. The first-order chi connectivity index (χ1) is 16.6. The number of halogens is 1. The maximum Gasteiger partial charge on any atom is 0.298 e. The van der Waals surface area contributed by atoms with E-state index in [0.717, 1.165) is 31.2 Å². The Hall–Kier alpha value is -3.92. The molecule has 6 N–H and O–H groups in total. The summed E-state index contributed by atoms with van der Waals surface area (Å²) < 4.78 is 22.0. The van der Waals surface area contributed by atoms with Crippen LogP contribution < -0.4 is 32.7 Å². The molecule has 0 unspecified atom stereocenters. The minimum atomic E-state index is -0.510. The van der Waals surface area contributed by atoms with Crippen LogP contribution in [-0.2, 0) is 6.42 Å². The van der Waals surface area contributed by atoms with E-state index in [1.54, 1.807) is 18.3 Å². The number of anilines is 2. The lowest BCUT2D eigenvalue weighted by atomic mass is 10.1. The summed E-state index contributed by atoms with van der Waals surface area (Å²) in [6, 6.07) is 12.1. The molecule has 0 atom stereocenters. The van der Waals surface area contributed by atoms with Crippen molar-refractivity contribution in [3.8, 4) is 11.4 Å². The predicted octanol–water partition coefficient (Wildman–Crippen LogP) is 3.10. The van der Waals surface area contributed by atoms with E-state index in [4.69, 9.17) is 16.4 Å². The van der Waals surface area contributed by atoms with E-state index < -0.39 is 11.4 Å². The Morgan fingerprint density at radius 3 is 2.65 bits per heavy atom. The topological polar surface area (TPSA) is 133 Å². The molecule has 1 aromatic heterocycles. The summed E-state index contributed by atoms with van der Waals surface area (Å²) in [5.41, 5.74) is 3.89. The lowest BCUT2D eigenvalue weighted by molar-refractivity contribution is 0.209. The van der Waals surface area contributed by atoms with E-state index in [1.807, 2.05) is 24.3 Å². The van der Waals surface area contributed by atoms with E-state index in [1.165, 1.54) is 16.8 Å². The van der Waals surface area contributed by atoms with Gasteiger partial charge in [-0.05, 0) is 61.9 Å². The number of rotatable bonds is 8. The van der Waals surface area contributed by atoms with Crippen molar-refractivity contribution >= 4 is 17.3 Å². The van der Waals surface area contributed by atoms with Crippen LogP contribution in [0, 0.1) is 5.82 Å². The fraction of sp³-hybridized carbons (Fsp3) is 0.292. The summed E-state index contributed by atoms with van der Waals surface area (Å²) >= 11 is 0. The van der Waals surface area contributed by atoms with Gasteiger partial charge in [-0.15, -0.1) is 0 Å². The van der Waals surface area contributed by atoms with Crippen LogP contribution in [0.1, 0.15) is 37.7 Å². The lowest BCUT2D eigenvalue weighted by Gasteiger charge is -2.14. The SMILES string of the molecule is N/N=C(/CCc1ccc(-n2ccnc(Nc3ccc(OC4CCCC4)cc3F)c2=O)cc1)NN. The third-order valence-corrected chi connectivity index (χ3v) is 5.83. The molecule has 4 rings (SSSR count). The molecule has 0 amide bonds. The summed E-state index contributed by atoms with van der Waals surface area (Å²) in [6.07, 6.45) is 8.69. The second-order valence-electron chi connectivity index (χ2n) is 8.13. The number of nitrogens with two attached hydrogens (primary N) is 2. The Balaban J connectivity index is 1.47. The molecule has 1 heterocycles. The number of aryl methyl sites for hydroxylation is 1. The Labute approximate surface area is 196 Å². The van der Waals surface area contributed by atoms with Crippen molar-refractivity contribution in [3.05, 3.63) is 76.6 Å². The molecule has 1 aliphatic rings. The lowest BCUT2D eigenvalue weighted by Crippen LogP contribution is -2.31. The van der Waals surface area contributed by atoms with Crippen molar-refractivity contribution < 1.29 is 9.13 Å². The van der Waals surface area contributed by atoms with E-state index >= 15 is 0 Å². The summed E-state index contributed by atoms with van der Waals surface area (Å²) in [5, 5.41) is 6.37. The van der Waals surface area contributed by atoms with Crippen molar-refractivity contribution in [3.63, 3.8) is 0 Å². The molecule has 2 aromatic carbocycles. The monoisotopic (exact) mass is 465 g/mol. The molecule has 1 fully saturated rings. The van der Waals surface area contributed by atoms with Crippen LogP contribution in [0.4, 0.5) is 15.9 Å². The molecule has 178 valence electrons. The van der Waals surface area contributed by atoms with Crippen molar-refractivity contribution in [1.82, 2.24) is 15.0 Å². The molecular weight excluding hydrogens is 437 g/mol. The van der Waals surface area contributed by atoms with Gasteiger partial charge >= 0.3 is 0 Å². The molecular formula is C24H28FN7O2. The number of hydrazine groups is 1. The summed E-state index contributed by atoms with van der Waals surface area (Å²) in [4.78, 5) is 17.1. The van der Waals surface area contributed by atoms with Gasteiger partial charge in [-0.25, -0.2) is 15.2 Å². The number of benzene rings is 2. The summed E-state index contributed by atoms with van der Waals surface area (Å²) in [6.45, 7) is 0. The largest absolute Gasteiger partial charge is 0.490 e. The first-order valence-electron chi connectivity index (χ1n) is 11.2. The molecule has 0 spiro atoms. The average Bonchev–Trinajstić information content (AvgIpc) is 3.36. The van der Waals surface area contributed by atoms with Gasteiger partial charge in [0.15, 0.2) is 5.82 Å². The van der Waals surface area contributed by atoms with Gasteiger partial charge in [0, 0.05) is 30.6 Å². The van der Waals surface area contributed by atoms with Crippen molar-refractivity contribution in [2.75, 3.05) is 5.32 Å². The molecule has 0 bridgehead atoms. The number of nitrogens with zero attached hydrogens (tertiary/aromatic N) is 3. The van der Waals surface area contributed by atoms with E-state index in [9.17, 15) is 9.18 Å². The number of hydrogen-bond donors (Lipinski definition) is 4. The van der Waals surface area contributed by atoms with Crippen LogP contribution >= 0.6 is 0 Å². The molecule has 10 heteroatoms. The van der Waals surface area contributed by atoms with E-state index in [2.05, 4.69) is 20.8 Å². The zero-order valence-corrected chi connectivity index (χ0v) is 18.7. The van der Waals surface area contributed by atoms with Crippen LogP contribution in [-0.4, -0.2) is 21.5 Å². The van der Waals surface area contributed by atoms with Crippen LogP contribution in [0.2, 0.25) is 0 Å². The number of aromatic nitrogens is 2. The predicted molar refractivity (Wildman–Crippen MR) is 130 cm³/mol. The van der Waals surface area contributed by atoms with Crippen molar-refractivity contribution in [1.29, 1.82) is 0 Å². The first-order valence-corrected chi connectivity index (χ1v) is 11.2. The quantitative estimate of drug-likeness (QED) is 0.174. The molecule has 0 aliphatic heterocycles. The van der Waals surface area contributed by atoms with Gasteiger partial charge in [0.1, 0.15) is 17.4 Å². The molecule has 34 heavy (non-hydrogen) atoms. The van der Waals surface area contributed by atoms with Crippen LogP contribution in [0.15, 0.2) is 64.8 Å². The molecule has 0 radical (unpaired) electrons. The molecule has 3 aromatic rings. The van der Waals surface area contributed by atoms with Crippen molar-refractivity contribution in [2.24, 2.45) is 16.8 Å². The maximum atomic E-state index is 14.7. The minimum Gasteiger partial charge on any atom is -0.490 e. The van der Waals surface area contributed by atoms with Gasteiger partial charge in [0.25, 0.3) is 5.56 Å². The highest BCUT2D eigenvalue weighted by Gasteiger charge is 2.17. The van der Waals surface area contributed by atoms with Gasteiger partial charge in [-0.3, -0.25) is 9.36 Å². The maximum absolute atomic E-state index is 14.7. The zero-order valence-electron chi connectivity index (χ0n) is 18.7. The Morgan fingerprint density at radius 2 is 1.97 bits per heavy atom. The van der Waals surface area contributed by atoms with Crippen LogP contribution in [0.3, 0.4) is 0 Å². The summed E-state index contributed by atoms with van der Waals surface area (Å²) in [5.74, 6) is 11.1. The van der Waals surface area contributed by atoms with Crippen LogP contribution in [0.5, 0.6) is 5.75 Å². The van der Waals surface area contributed by atoms with E-state index in [0.29, 0.717) is 30.1 Å². The first kappa shape index (κ1) is 23.2. The molecule has 1 saturated carbocycles. The number of amidine groups is 1. The number of ether oxygens (including phenoxy) is 1. The van der Waals surface area contributed by atoms with Gasteiger partial charge < -0.3 is 21.3 Å². The highest BCUT2D eigenvalue weighted by Crippen LogP contribution is 2.27. The zero-order chi connectivity index (χ0) is 23.9. The molecule has 0 saturated heterocycles. The number of nitrogens with one attached hydrogen (secondary N) is 2.